The highest BCUT2D eigenvalue weighted by Crippen LogP contribution is 2.33. The molecular weight excluding hydrogens is 352 g/mol. The molecule has 0 aliphatic rings. The fourth-order valence-electron chi connectivity index (χ4n) is 2.28. The molecule has 0 fully saturated rings. The Labute approximate surface area is 170 Å². The Morgan fingerprint density at radius 2 is 0.885 bits per heavy atom. The first-order valence-electron chi connectivity index (χ1n) is 7.57. The fourth-order valence-corrected chi connectivity index (χ4v) is 3.56. The first kappa shape index (κ1) is 26.6. The second-order valence-corrected chi connectivity index (χ2v) is 6.78. The molecule has 3 aromatic rings. The van der Waals surface area contributed by atoms with Gasteiger partial charge < -0.3 is 0 Å². The van der Waals surface area contributed by atoms with Crippen LogP contribution in [0.5, 0.6) is 0 Å². The lowest BCUT2D eigenvalue weighted by molar-refractivity contribution is 1.16. The van der Waals surface area contributed by atoms with E-state index in [1.165, 1.54) is 16.0 Å². The monoisotopic (exact) mass is 386 g/mol. The van der Waals surface area contributed by atoms with Gasteiger partial charge in [0.15, 0.2) is 0 Å². The van der Waals surface area contributed by atoms with Crippen LogP contribution in [0.3, 0.4) is 0 Å². The van der Waals surface area contributed by atoms with Crippen molar-refractivity contribution in [2.75, 3.05) is 12.5 Å². The van der Waals surface area contributed by atoms with Crippen LogP contribution in [0.4, 0.5) is 0 Å². The lowest BCUT2D eigenvalue weighted by Gasteiger charge is -2.14. The molecule has 0 unspecified atom stereocenters. The Bertz CT molecular complexity index is 612. The maximum absolute atomic E-state index is 2.19. The second-order valence-electron chi connectivity index (χ2n) is 4.95. The van der Waals surface area contributed by atoms with Gasteiger partial charge in [-0.3, -0.25) is 0 Å². The van der Waals surface area contributed by atoms with Gasteiger partial charge in [0, 0.05) is 4.90 Å². The Balaban J connectivity index is 0. The van der Waals surface area contributed by atoms with Crippen LogP contribution in [0.15, 0.2) is 95.9 Å². The molecule has 0 aliphatic carbocycles. The lowest BCUT2D eigenvalue weighted by atomic mass is 10.0. The summed E-state index contributed by atoms with van der Waals surface area (Å²) < 4.78 is 0. The van der Waals surface area contributed by atoms with E-state index < -0.39 is 0 Å². The van der Waals surface area contributed by atoms with E-state index in [2.05, 4.69) is 85.3 Å². The van der Waals surface area contributed by atoms with Gasteiger partial charge in [-0.25, -0.2) is 0 Å². The molecule has 0 saturated heterocycles. The van der Waals surface area contributed by atoms with Crippen molar-refractivity contribution < 1.29 is 0 Å². The molecule has 0 radical (unpaired) electrons. The van der Waals surface area contributed by atoms with E-state index in [4.69, 9.17) is 0 Å². The van der Waals surface area contributed by atoms with Gasteiger partial charge in [-0.15, -0.1) is 11.8 Å². The van der Waals surface area contributed by atoms with E-state index in [1.54, 1.807) is 11.8 Å². The molecule has 0 atom stereocenters. The van der Waals surface area contributed by atoms with Gasteiger partial charge >= 0.3 is 0 Å². The summed E-state index contributed by atoms with van der Waals surface area (Å²) in [4.78, 5) is 1.33. The summed E-state index contributed by atoms with van der Waals surface area (Å²) in [6.45, 7) is 0. The number of hydrogen-bond acceptors (Lipinski definition) is 2. The molecule has 26 heavy (non-hydrogen) atoms. The smallest absolute Gasteiger partial charge is 0.0543 e. The van der Waals surface area contributed by atoms with E-state index in [0.29, 0.717) is 5.25 Å². The van der Waals surface area contributed by atoms with Crippen molar-refractivity contribution in [1.82, 2.24) is 0 Å². The van der Waals surface area contributed by atoms with Gasteiger partial charge in [0.1, 0.15) is 0 Å². The molecule has 2 heteroatoms. The summed E-state index contributed by atoms with van der Waals surface area (Å²) in [7, 11) is 0. The van der Waals surface area contributed by atoms with E-state index in [0.717, 1.165) is 0 Å². The molecule has 3 rings (SSSR count). The molecule has 0 N–H and O–H groups in total. The van der Waals surface area contributed by atoms with Crippen LogP contribution in [-0.2, 0) is 0 Å². The largest absolute Gasteiger partial charge is 0.152 e. The Morgan fingerprint density at radius 3 is 1.15 bits per heavy atom. The van der Waals surface area contributed by atoms with Gasteiger partial charge in [0.05, 0.1) is 5.25 Å². The SMILES string of the molecule is C.C.C.CSC(c1ccccc1)c1ccccc1.CSc1ccccc1. The predicted octanol–water partition coefficient (Wildman–Crippen LogP) is 8.46. The minimum absolute atomic E-state index is 0. The molecular formula is C24H34S2. The van der Waals surface area contributed by atoms with E-state index >= 15 is 0 Å². The van der Waals surface area contributed by atoms with Crippen LogP contribution in [0.1, 0.15) is 38.7 Å². The van der Waals surface area contributed by atoms with E-state index in [1.807, 2.05) is 30.0 Å². The second kappa shape index (κ2) is 15.6. The average molecular weight is 387 g/mol. The van der Waals surface area contributed by atoms with Crippen molar-refractivity contribution in [3.05, 3.63) is 102 Å². The van der Waals surface area contributed by atoms with E-state index in [9.17, 15) is 0 Å². The topological polar surface area (TPSA) is 0 Å². The predicted molar refractivity (Wildman–Crippen MR) is 127 cm³/mol. The zero-order chi connectivity index (χ0) is 16.3. The van der Waals surface area contributed by atoms with Gasteiger partial charge in [0.2, 0.25) is 0 Å². The summed E-state index contributed by atoms with van der Waals surface area (Å²) in [5.41, 5.74) is 2.74. The highest BCUT2D eigenvalue weighted by atomic mass is 32.2. The third-order valence-corrected chi connectivity index (χ3v) is 5.18. The quantitative estimate of drug-likeness (QED) is 0.412. The number of rotatable bonds is 4. The molecule has 3 aromatic carbocycles. The van der Waals surface area contributed by atoms with Gasteiger partial charge in [-0.05, 0) is 35.8 Å². The minimum Gasteiger partial charge on any atom is -0.152 e. The Kier molecular flexibility index (Phi) is 16.0. The maximum atomic E-state index is 2.19. The first-order valence-corrected chi connectivity index (χ1v) is 10.1. The number of hydrogen-bond donors (Lipinski definition) is 0. The summed E-state index contributed by atoms with van der Waals surface area (Å²) in [5.74, 6) is 0. The lowest BCUT2D eigenvalue weighted by Crippen LogP contribution is -1.94. The molecule has 0 aliphatic heterocycles. The summed E-state index contributed by atoms with van der Waals surface area (Å²) in [6.07, 6.45) is 4.24. The highest BCUT2D eigenvalue weighted by Gasteiger charge is 2.10. The van der Waals surface area contributed by atoms with E-state index in [-0.39, 0.29) is 22.3 Å². The van der Waals surface area contributed by atoms with Crippen molar-refractivity contribution in [3.63, 3.8) is 0 Å². The third kappa shape index (κ3) is 8.64. The maximum Gasteiger partial charge on any atom is 0.0543 e. The van der Waals surface area contributed by atoms with Crippen molar-refractivity contribution in [3.8, 4) is 0 Å². The van der Waals surface area contributed by atoms with Gasteiger partial charge in [-0.1, -0.05) is 101 Å². The zero-order valence-electron chi connectivity index (χ0n) is 13.6. The van der Waals surface area contributed by atoms with Crippen LogP contribution in [0, 0.1) is 0 Å². The normalized spacial score (nSPS) is 8.88. The third-order valence-electron chi connectivity index (χ3n) is 3.42. The van der Waals surface area contributed by atoms with Crippen molar-refractivity contribution >= 4 is 23.5 Å². The Hall–Kier alpha value is -1.64. The summed E-state index contributed by atoms with van der Waals surface area (Å²) in [6, 6.07) is 31.6. The molecule has 0 nitrogen and oxygen atoms in total. The minimum atomic E-state index is 0. The molecule has 0 aromatic heterocycles. The van der Waals surface area contributed by atoms with Crippen LogP contribution < -0.4 is 0 Å². The molecule has 0 spiro atoms. The van der Waals surface area contributed by atoms with Crippen molar-refractivity contribution in [1.29, 1.82) is 0 Å². The zero-order valence-corrected chi connectivity index (χ0v) is 15.2. The average Bonchev–Trinajstić information content (AvgIpc) is 2.65. The molecule has 142 valence electrons. The van der Waals surface area contributed by atoms with Crippen molar-refractivity contribution in [2.24, 2.45) is 0 Å². The van der Waals surface area contributed by atoms with Crippen LogP contribution in [0.2, 0.25) is 0 Å². The first-order chi connectivity index (χ1) is 11.3. The van der Waals surface area contributed by atoms with Crippen LogP contribution >= 0.6 is 23.5 Å². The van der Waals surface area contributed by atoms with Crippen LogP contribution in [0.25, 0.3) is 0 Å². The highest BCUT2D eigenvalue weighted by molar-refractivity contribution is 7.99. The fraction of sp³-hybridized carbons (Fsp3) is 0.250. The van der Waals surface area contributed by atoms with Crippen molar-refractivity contribution in [2.45, 2.75) is 32.4 Å². The number of thioether (sulfide) groups is 2. The van der Waals surface area contributed by atoms with Gasteiger partial charge in [-0.2, -0.15) is 11.8 Å². The molecule has 0 saturated carbocycles. The number of benzene rings is 3. The van der Waals surface area contributed by atoms with Crippen LogP contribution in [-0.4, -0.2) is 12.5 Å². The molecule has 0 bridgehead atoms. The molecule has 0 heterocycles. The summed E-state index contributed by atoms with van der Waals surface area (Å²) >= 11 is 3.64. The Morgan fingerprint density at radius 1 is 0.538 bits per heavy atom. The van der Waals surface area contributed by atoms with Gasteiger partial charge in [0.25, 0.3) is 0 Å². The molecule has 0 amide bonds. The summed E-state index contributed by atoms with van der Waals surface area (Å²) in [5, 5.41) is 0.451. The standard InChI is InChI=1S/C14H14S.C7H8S.3CH4/c1-15-14(12-8-4-2-5-9-12)13-10-6-3-7-11-13;1-8-7-5-3-2-4-6-7;;;/h2-11,14H,1H3;2-6H,1H3;3*1H4.